The van der Waals surface area contributed by atoms with E-state index in [1.807, 2.05) is 0 Å². The Hall–Kier alpha value is -1.13. The van der Waals surface area contributed by atoms with E-state index in [-0.39, 0.29) is 17.8 Å². The number of phenolic OH excluding ortho intramolecular Hbond substituents is 1. The van der Waals surface area contributed by atoms with Crippen LogP contribution < -0.4 is 0 Å². The highest BCUT2D eigenvalue weighted by Gasteiger charge is 2.28. The van der Waals surface area contributed by atoms with E-state index < -0.39 is 0 Å². The van der Waals surface area contributed by atoms with Crippen molar-refractivity contribution in [3.63, 3.8) is 0 Å². The quantitative estimate of drug-likeness (QED) is 0.895. The van der Waals surface area contributed by atoms with Gasteiger partial charge in [-0.3, -0.25) is 0 Å². The molecule has 6 heteroatoms. The van der Waals surface area contributed by atoms with Gasteiger partial charge in [0.2, 0.25) is 0 Å². The van der Waals surface area contributed by atoms with Gasteiger partial charge in [0.25, 0.3) is 0 Å². The van der Waals surface area contributed by atoms with Crippen molar-refractivity contribution in [1.82, 2.24) is 4.90 Å². The number of aromatic hydroxyl groups is 1. The first-order valence-corrected chi connectivity index (χ1v) is 7.38. The lowest BCUT2D eigenvalue weighted by atomic mass is 9.89. The first-order chi connectivity index (χ1) is 9.54. The van der Waals surface area contributed by atoms with Crippen molar-refractivity contribution in [2.45, 2.75) is 25.7 Å². The summed E-state index contributed by atoms with van der Waals surface area (Å²) in [5.41, 5.74) is 0.683. The van der Waals surface area contributed by atoms with Crippen molar-refractivity contribution in [1.29, 1.82) is 0 Å². The molecule has 110 valence electrons. The number of rotatable bonds is 2. The standard InChI is InChI=1S/C14H17Cl2NO3/c1-2-20-14(19)17-7-5-9(6-8-17)12-11(18)4-3-10(15)13(12)16/h3-4,9,18H,2,5-8H2,1H3. The third-order valence-corrected chi connectivity index (χ3v) is 4.36. The van der Waals surface area contributed by atoms with E-state index in [4.69, 9.17) is 27.9 Å². The molecule has 0 saturated carbocycles. The van der Waals surface area contributed by atoms with Crippen molar-refractivity contribution >= 4 is 29.3 Å². The Balaban J connectivity index is 2.08. The number of nitrogens with zero attached hydrogens (tertiary/aromatic N) is 1. The van der Waals surface area contributed by atoms with Crippen LogP contribution in [0, 0.1) is 0 Å². The molecule has 20 heavy (non-hydrogen) atoms. The van der Waals surface area contributed by atoms with Gasteiger partial charge in [-0.15, -0.1) is 0 Å². The van der Waals surface area contributed by atoms with Gasteiger partial charge < -0.3 is 14.7 Å². The molecular formula is C14H17Cl2NO3. The Labute approximate surface area is 128 Å². The van der Waals surface area contributed by atoms with Crippen LogP contribution in [0.1, 0.15) is 31.2 Å². The number of benzene rings is 1. The maximum absolute atomic E-state index is 11.6. The molecule has 0 bridgehead atoms. The number of carbonyl (C=O) groups excluding carboxylic acids is 1. The largest absolute Gasteiger partial charge is 0.508 e. The average molecular weight is 318 g/mol. The summed E-state index contributed by atoms with van der Waals surface area (Å²) in [6.07, 6.45) is 1.17. The van der Waals surface area contributed by atoms with E-state index in [0.717, 1.165) is 12.8 Å². The molecule has 1 aliphatic heterocycles. The fourth-order valence-corrected chi connectivity index (χ4v) is 2.99. The van der Waals surface area contributed by atoms with Crippen LogP contribution in [0.5, 0.6) is 5.75 Å². The van der Waals surface area contributed by atoms with E-state index in [0.29, 0.717) is 35.3 Å². The molecular weight excluding hydrogens is 301 g/mol. The van der Waals surface area contributed by atoms with Crippen LogP contribution in [0.2, 0.25) is 10.0 Å². The number of halogens is 2. The van der Waals surface area contributed by atoms with Crippen LogP contribution in [0.3, 0.4) is 0 Å². The molecule has 1 aromatic rings. The summed E-state index contributed by atoms with van der Waals surface area (Å²) in [7, 11) is 0. The fourth-order valence-electron chi connectivity index (χ4n) is 2.51. The summed E-state index contributed by atoms with van der Waals surface area (Å²) >= 11 is 12.2. The van der Waals surface area contributed by atoms with E-state index in [2.05, 4.69) is 0 Å². The minimum absolute atomic E-state index is 0.104. The van der Waals surface area contributed by atoms with Gasteiger partial charge in [-0.05, 0) is 37.8 Å². The molecule has 2 rings (SSSR count). The highest BCUT2D eigenvalue weighted by molar-refractivity contribution is 6.42. The molecule has 0 radical (unpaired) electrons. The smallest absolute Gasteiger partial charge is 0.409 e. The SMILES string of the molecule is CCOC(=O)N1CCC(c2c(O)ccc(Cl)c2Cl)CC1. The Morgan fingerprint density at radius 2 is 2.05 bits per heavy atom. The topological polar surface area (TPSA) is 49.8 Å². The minimum Gasteiger partial charge on any atom is -0.508 e. The van der Waals surface area contributed by atoms with E-state index in [1.54, 1.807) is 24.0 Å². The van der Waals surface area contributed by atoms with E-state index in [1.165, 1.54) is 0 Å². The molecule has 1 saturated heterocycles. The number of hydrogen-bond acceptors (Lipinski definition) is 3. The molecule has 1 aliphatic rings. The summed E-state index contributed by atoms with van der Waals surface area (Å²) in [4.78, 5) is 13.3. The summed E-state index contributed by atoms with van der Waals surface area (Å²) in [5, 5.41) is 10.8. The van der Waals surface area contributed by atoms with E-state index in [9.17, 15) is 9.90 Å². The van der Waals surface area contributed by atoms with Gasteiger partial charge in [-0.2, -0.15) is 0 Å². The van der Waals surface area contributed by atoms with Gasteiger partial charge in [0, 0.05) is 18.7 Å². The summed E-state index contributed by atoms with van der Waals surface area (Å²) < 4.78 is 4.98. The zero-order valence-corrected chi connectivity index (χ0v) is 12.7. The average Bonchev–Trinajstić information content (AvgIpc) is 2.44. The number of ether oxygens (including phenoxy) is 1. The lowest BCUT2D eigenvalue weighted by molar-refractivity contribution is 0.0970. The van der Waals surface area contributed by atoms with Crippen LogP contribution in [-0.4, -0.2) is 35.8 Å². The van der Waals surface area contributed by atoms with Crippen molar-refractivity contribution in [3.8, 4) is 5.75 Å². The Morgan fingerprint density at radius 1 is 1.40 bits per heavy atom. The highest BCUT2D eigenvalue weighted by Crippen LogP contribution is 2.41. The predicted octanol–water partition coefficient (Wildman–Crippen LogP) is 4.03. The van der Waals surface area contributed by atoms with Crippen LogP contribution in [0.15, 0.2) is 12.1 Å². The first kappa shape index (κ1) is 15.3. The third-order valence-electron chi connectivity index (χ3n) is 3.54. The van der Waals surface area contributed by atoms with Crippen molar-refractivity contribution in [2.24, 2.45) is 0 Å². The summed E-state index contributed by atoms with van der Waals surface area (Å²) in [6.45, 7) is 3.34. The molecule has 0 unspecified atom stereocenters. The van der Waals surface area contributed by atoms with Gasteiger partial charge in [-0.25, -0.2) is 4.79 Å². The van der Waals surface area contributed by atoms with Gasteiger partial charge in [0.1, 0.15) is 5.75 Å². The lowest BCUT2D eigenvalue weighted by Crippen LogP contribution is -2.38. The van der Waals surface area contributed by atoms with Crippen LogP contribution >= 0.6 is 23.2 Å². The Morgan fingerprint density at radius 3 is 2.65 bits per heavy atom. The zero-order chi connectivity index (χ0) is 14.7. The van der Waals surface area contributed by atoms with Gasteiger partial charge in [-0.1, -0.05) is 23.2 Å². The molecule has 1 aromatic carbocycles. The number of likely N-dealkylation sites (tertiary alicyclic amines) is 1. The van der Waals surface area contributed by atoms with Gasteiger partial charge in [0.05, 0.1) is 16.7 Å². The summed E-state index contributed by atoms with van der Waals surface area (Å²) in [6, 6.07) is 3.14. The Bertz CT molecular complexity index is 499. The fraction of sp³-hybridized carbons (Fsp3) is 0.500. The molecule has 1 heterocycles. The minimum atomic E-state index is -0.285. The van der Waals surface area contributed by atoms with Crippen molar-refractivity contribution < 1.29 is 14.6 Å². The normalized spacial score (nSPS) is 16.2. The second-order valence-electron chi connectivity index (χ2n) is 4.75. The molecule has 1 N–H and O–H groups in total. The monoisotopic (exact) mass is 317 g/mol. The second-order valence-corrected chi connectivity index (χ2v) is 5.54. The predicted molar refractivity (Wildman–Crippen MR) is 78.7 cm³/mol. The number of hydrogen-bond donors (Lipinski definition) is 1. The van der Waals surface area contributed by atoms with Crippen LogP contribution in [0.4, 0.5) is 4.79 Å². The lowest BCUT2D eigenvalue weighted by Gasteiger charge is -2.32. The van der Waals surface area contributed by atoms with Crippen LogP contribution in [-0.2, 0) is 4.74 Å². The number of piperidine rings is 1. The number of amides is 1. The van der Waals surface area contributed by atoms with E-state index >= 15 is 0 Å². The van der Waals surface area contributed by atoms with Gasteiger partial charge >= 0.3 is 6.09 Å². The molecule has 0 atom stereocenters. The highest BCUT2D eigenvalue weighted by atomic mass is 35.5. The molecule has 0 aromatic heterocycles. The summed E-state index contributed by atoms with van der Waals surface area (Å²) in [5.74, 6) is 0.265. The molecule has 1 fully saturated rings. The third kappa shape index (κ3) is 3.13. The van der Waals surface area contributed by atoms with Crippen LogP contribution in [0.25, 0.3) is 0 Å². The molecule has 0 aliphatic carbocycles. The maximum atomic E-state index is 11.6. The first-order valence-electron chi connectivity index (χ1n) is 6.63. The number of carbonyl (C=O) groups is 1. The van der Waals surface area contributed by atoms with Gasteiger partial charge in [0.15, 0.2) is 0 Å². The number of phenols is 1. The molecule has 0 spiro atoms. The van der Waals surface area contributed by atoms with Crippen molar-refractivity contribution in [2.75, 3.05) is 19.7 Å². The van der Waals surface area contributed by atoms with Crippen molar-refractivity contribution in [3.05, 3.63) is 27.7 Å². The maximum Gasteiger partial charge on any atom is 0.409 e. The zero-order valence-electron chi connectivity index (χ0n) is 11.2. The molecule has 4 nitrogen and oxygen atoms in total. The second kappa shape index (κ2) is 6.55. The Kier molecular flexibility index (Phi) is 5.00. The molecule has 1 amide bonds.